The summed E-state index contributed by atoms with van der Waals surface area (Å²) in [4.78, 5) is 15.0. The van der Waals surface area contributed by atoms with E-state index in [0.29, 0.717) is 35.5 Å². The van der Waals surface area contributed by atoms with Gasteiger partial charge in [-0.25, -0.2) is 0 Å². The van der Waals surface area contributed by atoms with Crippen molar-refractivity contribution in [3.05, 3.63) is 75.0 Å². The van der Waals surface area contributed by atoms with Crippen molar-refractivity contribution < 1.29 is 14.3 Å². The molecule has 0 unspecified atom stereocenters. The summed E-state index contributed by atoms with van der Waals surface area (Å²) in [7, 11) is 0. The molecule has 5 rings (SSSR count). The highest BCUT2D eigenvalue weighted by Gasteiger charge is 2.36. The van der Waals surface area contributed by atoms with Crippen molar-refractivity contribution in [3.8, 4) is 11.5 Å². The highest BCUT2D eigenvalue weighted by molar-refractivity contribution is 14.1. The molecule has 1 aliphatic carbocycles. The van der Waals surface area contributed by atoms with Crippen LogP contribution in [0.2, 0.25) is 0 Å². The van der Waals surface area contributed by atoms with Crippen molar-refractivity contribution in [3.63, 3.8) is 0 Å². The number of carbonyl (C=O) groups is 1. The Morgan fingerprint density at radius 2 is 1.86 bits per heavy atom. The number of ether oxygens (including phenoxy) is 2. The van der Waals surface area contributed by atoms with Crippen molar-refractivity contribution in [2.24, 2.45) is 0 Å². The first kappa shape index (κ1) is 25.0. The first-order valence-corrected chi connectivity index (χ1v) is 14.0. The molecule has 1 amide bonds. The molecule has 0 spiro atoms. The molecule has 0 bridgehead atoms. The van der Waals surface area contributed by atoms with E-state index in [1.54, 1.807) is 4.90 Å². The maximum absolute atomic E-state index is 13.2. The fraction of sp³-hybridized carbons (Fsp3) is 0.310. The zero-order chi connectivity index (χ0) is 25.1. The minimum Gasteiger partial charge on any atom is -0.490 e. The van der Waals surface area contributed by atoms with Crippen molar-refractivity contribution in [2.45, 2.75) is 51.7 Å². The molecule has 1 saturated carbocycles. The first-order chi connectivity index (χ1) is 17.5. The van der Waals surface area contributed by atoms with Gasteiger partial charge in [0, 0.05) is 6.04 Å². The zero-order valence-corrected chi connectivity index (χ0v) is 23.2. The third-order valence-corrected chi connectivity index (χ3v) is 7.84. The predicted molar refractivity (Wildman–Crippen MR) is 156 cm³/mol. The number of benzene rings is 3. The summed E-state index contributed by atoms with van der Waals surface area (Å²) in [5, 5.41) is 6.02. The summed E-state index contributed by atoms with van der Waals surface area (Å²) in [6.07, 6.45) is 7.40. The van der Waals surface area contributed by atoms with Gasteiger partial charge in [0.1, 0.15) is 12.3 Å². The molecule has 186 valence electrons. The van der Waals surface area contributed by atoms with E-state index in [9.17, 15) is 4.79 Å². The summed E-state index contributed by atoms with van der Waals surface area (Å²) in [5.74, 6) is 1.32. The maximum Gasteiger partial charge on any atom is 0.276 e. The van der Waals surface area contributed by atoms with Gasteiger partial charge in [0.15, 0.2) is 16.6 Å². The maximum atomic E-state index is 13.2. The van der Waals surface area contributed by atoms with Crippen LogP contribution in [0.15, 0.2) is 60.3 Å². The van der Waals surface area contributed by atoms with Crippen LogP contribution in [0.25, 0.3) is 16.8 Å². The van der Waals surface area contributed by atoms with Gasteiger partial charge in [-0.1, -0.05) is 61.7 Å². The van der Waals surface area contributed by atoms with E-state index < -0.39 is 0 Å². The summed E-state index contributed by atoms with van der Waals surface area (Å²) >= 11 is 7.80. The van der Waals surface area contributed by atoms with E-state index in [4.69, 9.17) is 21.7 Å². The van der Waals surface area contributed by atoms with E-state index >= 15 is 0 Å². The number of halogens is 1. The molecule has 0 atom stereocenters. The van der Waals surface area contributed by atoms with Gasteiger partial charge in [-0.2, -0.15) is 0 Å². The number of amides is 1. The topological polar surface area (TPSA) is 50.8 Å². The molecule has 36 heavy (non-hydrogen) atoms. The minimum atomic E-state index is -0.0452. The van der Waals surface area contributed by atoms with Gasteiger partial charge in [-0.05, 0) is 94.7 Å². The second-order valence-electron chi connectivity index (χ2n) is 9.15. The van der Waals surface area contributed by atoms with Crippen LogP contribution in [0.5, 0.6) is 11.5 Å². The van der Waals surface area contributed by atoms with Crippen LogP contribution in [0.1, 0.15) is 50.2 Å². The molecule has 3 aromatic carbocycles. The molecule has 2 aliphatic rings. The molecular weight excluding hydrogens is 583 g/mol. The third-order valence-electron chi connectivity index (χ3n) is 6.74. The Labute approximate surface area is 231 Å². The smallest absolute Gasteiger partial charge is 0.276 e. The van der Waals surface area contributed by atoms with E-state index in [-0.39, 0.29) is 11.9 Å². The van der Waals surface area contributed by atoms with Crippen LogP contribution in [0.4, 0.5) is 0 Å². The molecule has 3 aromatic rings. The van der Waals surface area contributed by atoms with Crippen molar-refractivity contribution in [1.29, 1.82) is 0 Å². The third kappa shape index (κ3) is 5.22. The number of carbonyl (C=O) groups excluding carboxylic acids is 1. The van der Waals surface area contributed by atoms with Gasteiger partial charge in [0.05, 0.1) is 10.2 Å². The lowest BCUT2D eigenvalue weighted by Gasteiger charge is -2.29. The highest BCUT2D eigenvalue weighted by atomic mass is 127. The second kappa shape index (κ2) is 11.2. The van der Waals surface area contributed by atoms with Gasteiger partial charge >= 0.3 is 0 Å². The van der Waals surface area contributed by atoms with E-state index in [2.05, 4.69) is 58.2 Å². The quantitative estimate of drug-likeness (QED) is 0.181. The number of hydrogen-bond acceptors (Lipinski definition) is 4. The molecule has 2 fully saturated rings. The summed E-state index contributed by atoms with van der Waals surface area (Å²) in [6, 6.07) is 18.7. The van der Waals surface area contributed by atoms with Gasteiger partial charge in [-0.3, -0.25) is 9.69 Å². The normalized spacial score (nSPS) is 17.6. The molecular formula is C29H29IN2O3S. The Kier molecular flexibility index (Phi) is 7.76. The van der Waals surface area contributed by atoms with Crippen molar-refractivity contribution >= 4 is 62.7 Å². The van der Waals surface area contributed by atoms with Crippen LogP contribution >= 0.6 is 34.8 Å². The van der Waals surface area contributed by atoms with Crippen molar-refractivity contribution in [1.82, 2.24) is 10.2 Å². The Balaban J connectivity index is 1.39. The lowest BCUT2D eigenvalue weighted by atomic mass is 9.94. The van der Waals surface area contributed by atoms with Gasteiger partial charge in [0.25, 0.3) is 5.91 Å². The lowest BCUT2D eigenvalue weighted by molar-refractivity contribution is -0.124. The highest BCUT2D eigenvalue weighted by Crippen LogP contribution is 2.36. The number of nitrogens with one attached hydrogen (secondary N) is 1. The molecule has 1 heterocycles. The zero-order valence-electron chi connectivity index (χ0n) is 20.3. The van der Waals surface area contributed by atoms with E-state index in [1.807, 2.05) is 37.3 Å². The fourth-order valence-corrected chi connectivity index (χ4v) is 6.15. The summed E-state index contributed by atoms with van der Waals surface area (Å²) < 4.78 is 13.2. The first-order valence-electron chi connectivity index (χ1n) is 12.5. The van der Waals surface area contributed by atoms with E-state index in [0.717, 1.165) is 40.4 Å². The predicted octanol–water partition coefficient (Wildman–Crippen LogP) is 6.81. The number of nitrogens with zero attached hydrogens (tertiary/aromatic N) is 1. The molecule has 5 nitrogen and oxygen atoms in total. The molecule has 0 radical (unpaired) electrons. The van der Waals surface area contributed by atoms with Crippen LogP contribution in [-0.4, -0.2) is 28.6 Å². The van der Waals surface area contributed by atoms with Crippen molar-refractivity contribution in [2.75, 3.05) is 6.61 Å². The molecule has 0 aromatic heterocycles. The average molecular weight is 613 g/mol. The van der Waals surface area contributed by atoms with Crippen LogP contribution < -0.4 is 14.8 Å². The van der Waals surface area contributed by atoms with Gasteiger partial charge in [-0.15, -0.1) is 0 Å². The average Bonchev–Trinajstić information content (AvgIpc) is 3.16. The SMILES string of the molecule is CCOc1cc(/C=C2\NC(=S)N(C3CCCCC3)C2=O)cc(I)c1OCc1cccc2ccccc12. The Morgan fingerprint density at radius 1 is 1.08 bits per heavy atom. The monoisotopic (exact) mass is 612 g/mol. The fourth-order valence-electron chi connectivity index (χ4n) is 5.03. The number of rotatable bonds is 7. The summed E-state index contributed by atoms with van der Waals surface area (Å²) in [5.41, 5.74) is 2.49. The molecule has 1 N–H and O–H groups in total. The number of hydrogen-bond donors (Lipinski definition) is 1. The standard InChI is InChI=1S/C29H29IN2O3S/c1-2-34-26-17-19(16-25-28(33)32(29(36)31-25)22-12-4-3-5-13-22)15-24(30)27(26)35-18-21-11-8-10-20-9-6-7-14-23(20)21/h6-11,14-17,22H,2-5,12-13,18H2,1H3,(H,31,36)/b25-16-. The lowest BCUT2D eigenvalue weighted by Crippen LogP contribution is -2.41. The summed E-state index contributed by atoms with van der Waals surface area (Å²) in [6.45, 7) is 2.90. The second-order valence-corrected chi connectivity index (χ2v) is 10.7. The largest absolute Gasteiger partial charge is 0.490 e. The molecule has 7 heteroatoms. The van der Waals surface area contributed by atoms with Crippen LogP contribution in [-0.2, 0) is 11.4 Å². The number of fused-ring (bicyclic) bond motifs is 1. The van der Waals surface area contributed by atoms with E-state index in [1.165, 1.54) is 17.2 Å². The Bertz CT molecular complexity index is 1330. The Hall–Kier alpha value is -2.65. The molecule has 1 aliphatic heterocycles. The molecule has 1 saturated heterocycles. The Morgan fingerprint density at radius 3 is 2.67 bits per heavy atom. The van der Waals surface area contributed by atoms with Gasteiger partial charge in [0.2, 0.25) is 0 Å². The van der Waals surface area contributed by atoms with Crippen LogP contribution in [0.3, 0.4) is 0 Å². The van der Waals surface area contributed by atoms with Crippen LogP contribution in [0, 0.1) is 3.57 Å². The minimum absolute atomic E-state index is 0.0452. The van der Waals surface area contributed by atoms with Gasteiger partial charge < -0.3 is 14.8 Å². The number of thiocarbonyl (C=S) groups is 1.